The van der Waals surface area contributed by atoms with Gasteiger partial charge in [-0.25, -0.2) is 0 Å². The highest BCUT2D eigenvalue weighted by Crippen LogP contribution is 2.37. The van der Waals surface area contributed by atoms with Gasteiger partial charge in [-0.05, 0) is 141 Å². The van der Waals surface area contributed by atoms with Crippen molar-refractivity contribution in [2.75, 3.05) is 13.2 Å². The molecule has 0 saturated heterocycles. The number of unbranched alkanes of at least 4 members (excludes halogenated alkanes) is 18. The zero-order valence-electron chi connectivity index (χ0n) is 64.4. The summed E-state index contributed by atoms with van der Waals surface area (Å²) in [5.41, 5.74) is 15.8. The molecule has 0 radical (unpaired) electrons. The minimum absolute atomic E-state index is 0.0452. The molecule has 552 valence electrons. The molecule has 10 aromatic rings. The van der Waals surface area contributed by atoms with Gasteiger partial charge in [0.1, 0.15) is 36.2 Å². The first kappa shape index (κ1) is 78.5. The number of ether oxygens (including phenoxy) is 4. The third-order valence-electron chi connectivity index (χ3n) is 19.5. The van der Waals surface area contributed by atoms with E-state index in [9.17, 15) is 0 Å². The second kappa shape index (κ2) is 40.4. The van der Waals surface area contributed by atoms with Gasteiger partial charge in [0.15, 0.2) is 0 Å². The van der Waals surface area contributed by atoms with E-state index in [-0.39, 0.29) is 10.8 Å². The molecule has 0 aliphatic rings. The fraction of sp³-hybridized carbons (Fsp3) is 0.354. The van der Waals surface area contributed by atoms with Crippen molar-refractivity contribution in [2.24, 2.45) is 0 Å². The number of nitrogens with zero attached hydrogens (tertiary/aromatic N) is 4. The fourth-order valence-electron chi connectivity index (χ4n) is 12.7. The molecule has 0 aliphatic carbocycles. The second-order valence-corrected chi connectivity index (χ2v) is 30.1. The molecule has 0 spiro atoms. The lowest BCUT2D eigenvalue weighted by atomic mass is 9.87. The number of benzene rings is 8. The molecule has 0 saturated carbocycles. The number of hydrogen-bond donors (Lipinski definition) is 0. The van der Waals surface area contributed by atoms with E-state index in [0.29, 0.717) is 50.0 Å². The maximum absolute atomic E-state index is 6.84. The van der Waals surface area contributed by atoms with E-state index in [2.05, 4.69) is 229 Å². The molecule has 0 atom stereocenters. The van der Waals surface area contributed by atoms with Crippen molar-refractivity contribution in [3.63, 3.8) is 0 Å². The monoisotopic (exact) mass is 1420 g/mol. The van der Waals surface area contributed by atoms with Crippen LogP contribution in [0.4, 0.5) is 0 Å². The van der Waals surface area contributed by atoms with Gasteiger partial charge in [-0.3, -0.25) is 0 Å². The average molecular weight is 1420 g/mol. The molecule has 0 N–H and O–H groups in total. The second-order valence-electron chi connectivity index (χ2n) is 30.1. The lowest BCUT2D eigenvalue weighted by molar-refractivity contribution is 0.295. The Morgan fingerprint density at radius 2 is 0.575 bits per heavy atom. The average Bonchev–Trinajstić information content (AvgIpc) is 1.57. The molecule has 10 heteroatoms. The third kappa shape index (κ3) is 24.2. The molecule has 2 heterocycles. The minimum atomic E-state index is 0.0452. The van der Waals surface area contributed by atoms with Crippen molar-refractivity contribution in [1.82, 2.24) is 20.4 Å². The summed E-state index contributed by atoms with van der Waals surface area (Å²) in [5.74, 6) is 4.94. The highest BCUT2D eigenvalue weighted by atomic mass is 16.5. The number of aromatic nitrogens is 4. The summed E-state index contributed by atoms with van der Waals surface area (Å²) in [6.45, 7) is 27.9. The van der Waals surface area contributed by atoms with Crippen LogP contribution in [0.3, 0.4) is 0 Å². The van der Waals surface area contributed by atoms with E-state index >= 15 is 0 Å². The highest BCUT2D eigenvalue weighted by Gasteiger charge is 2.20. The molecule has 0 bridgehead atoms. The molecule has 10 nitrogen and oxygen atoms in total. The standard InChI is InChI=1S/C96H112N4O6/c1-11-15-17-19-21-23-25-27-29-31-63-101-87-66-83(89(65-77(87)14-4)103-69-75-44-48-78(49-45-75)91-97-99-93(105-91)80-55-59-85(60-56-80)95(5,6)7)53-43-74-39-37-73(38-40-74)41-52-82-68-90(104-70-76-46-50-79(51-47-76)92-98-100-94(106-92)81-57-61-86(62-58-81)96(8,9)10)84(54-42-72-35-33-71(13-3)34-36-72)67-88(82)102-64-32-30-28-26-24-22-20-18-16-12-2/h13-14,33-62,65-68H,3-4,11-12,15-32,63-64,69-70H2,1-2,5-10H3/b52-41+,53-43+,54-42+. The fourth-order valence-corrected chi connectivity index (χ4v) is 12.7. The highest BCUT2D eigenvalue weighted by molar-refractivity contribution is 5.80. The zero-order chi connectivity index (χ0) is 74.4. The molecule has 0 aliphatic heterocycles. The molecule has 0 unspecified atom stereocenters. The van der Waals surface area contributed by atoms with Crippen LogP contribution >= 0.6 is 0 Å². The summed E-state index contributed by atoms with van der Waals surface area (Å²) >= 11 is 0. The van der Waals surface area contributed by atoms with Crippen LogP contribution in [0, 0.1) is 0 Å². The zero-order valence-corrected chi connectivity index (χ0v) is 64.4. The Morgan fingerprint density at radius 3 is 0.877 bits per heavy atom. The van der Waals surface area contributed by atoms with Crippen molar-refractivity contribution < 1.29 is 27.8 Å². The SMILES string of the molecule is C=Cc1ccc(/C=C/c2cc(OCCCCCCCCCCCC)c(/C=C/c3ccc(/C=C/c4cc(OCCCCCCCCCCCC)c(C=C)cc4OCc4ccc(-c5nnc(-c6ccc(C(C)(C)C)cc6)o5)cc4)cc3)cc2OCc2ccc(-c3nnc(-c4ccc(C(C)(C)C)cc4)o3)cc2)cc1. The van der Waals surface area contributed by atoms with Gasteiger partial charge in [0.2, 0.25) is 23.6 Å². The first-order chi connectivity index (χ1) is 51.6. The Hall–Kier alpha value is -10.1. The van der Waals surface area contributed by atoms with Gasteiger partial charge < -0.3 is 27.8 Å². The van der Waals surface area contributed by atoms with Crippen molar-refractivity contribution in [1.29, 1.82) is 0 Å². The molecule has 10 rings (SSSR count). The van der Waals surface area contributed by atoms with Gasteiger partial charge in [0.05, 0.1) is 13.2 Å². The Labute approximate surface area is 632 Å². The summed E-state index contributed by atoms with van der Waals surface area (Å²) in [6, 6.07) is 58.2. The molecular weight excluding hydrogens is 1310 g/mol. The number of rotatable bonds is 42. The van der Waals surface area contributed by atoms with Crippen LogP contribution < -0.4 is 18.9 Å². The molecule has 0 fully saturated rings. The Balaban J connectivity index is 0.871. The first-order valence-corrected chi connectivity index (χ1v) is 39.1. The first-order valence-electron chi connectivity index (χ1n) is 39.1. The predicted molar refractivity (Wildman–Crippen MR) is 444 cm³/mol. The summed E-state index contributed by atoms with van der Waals surface area (Å²) in [6.07, 6.45) is 41.6. The van der Waals surface area contributed by atoms with Crippen LogP contribution in [0.5, 0.6) is 23.0 Å². The van der Waals surface area contributed by atoms with E-state index in [4.69, 9.17) is 27.8 Å². The number of hydrogen-bond acceptors (Lipinski definition) is 10. The smallest absolute Gasteiger partial charge is 0.248 e. The molecule has 8 aromatic carbocycles. The maximum atomic E-state index is 6.84. The van der Waals surface area contributed by atoms with E-state index < -0.39 is 0 Å². The quantitative estimate of drug-likeness (QED) is 0.0271. The van der Waals surface area contributed by atoms with Crippen LogP contribution in [-0.2, 0) is 24.0 Å². The van der Waals surface area contributed by atoms with E-state index in [1.807, 2.05) is 78.9 Å². The van der Waals surface area contributed by atoms with Crippen LogP contribution in [0.25, 0.3) is 94.4 Å². The normalized spacial score (nSPS) is 11.9. The van der Waals surface area contributed by atoms with Gasteiger partial charge in [-0.15, -0.1) is 20.4 Å². The summed E-state index contributed by atoms with van der Waals surface area (Å²) < 4.78 is 39.3. The minimum Gasteiger partial charge on any atom is -0.493 e. The van der Waals surface area contributed by atoms with Gasteiger partial charge >= 0.3 is 0 Å². The Kier molecular flexibility index (Phi) is 30.0. The summed E-state index contributed by atoms with van der Waals surface area (Å²) in [4.78, 5) is 0. The lowest BCUT2D eigenvalue weighted by Gasteiger charge is -2.18. The topological polar surface area (TPSA) is 115 Å². The van der Waals surface area contributed by atoms with Crippen LogP contribution in [0.1, 0.15) is 251 Å². The van der Waals surface area contributed by atoms with Crippen LogP contribution in [0.15, 0.2) is 192 Å². The molecule has 106 heavy (non-hydrogen) atoms. The van der Waals surface area contributed by atoms with Gasteiger partial charge in [-0.2, -0.15) is 0 Å². The molecular formula is C96H112N4O6. The third-order valence-corrected chi connectivity index (χ3v) is 19.5. The van der Waals surface area contributed by atoms with E-state index in [1.54, 1.807) is 0 Å². The van der Waals surface area contributed by atoms with Crippen molar-refractivity contribution in [3.05, 3.63) is 250 Å². The van der Waals surface area contributed by atoms with Gasteiger partial charge in [0.25, 0.3) is 0 Å². The summed E-state index contributed by atoms with van der Waals surface area (Å²) in [7, 11) is 0. The van der Waals surface area contributed by atoms with Crippen LogP contribution in [0.2, 0.25) is 0 Å². The van der Waals surface area contributed by atoms with Gasteiger partial charge in [-0.1, -0.05) is 330 Å². The van der Waals surface area contributed by atoms with Crippen molar-refractivity contribution in [3.8, 4) is 68.8 Å². The van der Waals surface area contributed by atoms with Crippen molar-refractivity contribution in [2.45, 2.75) is 208 Å². The predicted octanol–water partition coefficient (Wildman–Crippen LogP) is 27.3. The van der Waals surface area contributed by atoms with E-state index in [0.717, 1.165) is 127 Å². The molecule has 0 amide bonds. The van der Waals surface area contributed by atoms with Crippen molar-refractivity contribution >= 4 is 48.6 Å². The molecule has 2 aromatic heterocycles. The lowest BCUT2D eigenvalue weighted by Crippen LogP contribution is -2.10. The van der Waals surface area contributed by atoms with Crippen LogP contribution in [-0.4, -0.2) is 33.6 Å². The Bertz CT molecular complexity index is 4410. The van der Waals surface area contributed by atoms with E-state index in [1.165, 1.54) is 114 Å². The largest absolute Gasteiger partial charge is 0.493 e. The Morgan fingerprint density at radius 1 is 0.302 bits per heavy atom. The maximum Gasteiger partial charge on any atom is 0.248 e. The van der Waals surface area contributed by atoms with Gasteiger partial charge in [0, 0.05) is 44.5 Å². The summed E-state index contributed by atoms with van der Waals surface area (Å²) in [5, 5.41) is 17.6.